The topological polar surface area (TPSA) is 66.8 Å². The fourth-order valence-electron chi connectivity index (χ4n) is 1.56. The smallest absolute Gasteiger partial charge is 0.410 e. The van der Waals surface area contributed by atoms with Gasteiger partial charge in [-0.2, -0.15) is 0 Å². The van der Waals surface area contributed by atoms with Crippen molar-refractivity contribution in [2.45, 2.75) is 33.3 Å². The van der Waals surface area contributed by atoms with E-state index in [-0.39, 0.29) is 6.54 Å². The van der Waals surface area contributed by atoms with Crippen molar-refractivity contribution in [3.05, 3.63) is 12.2 Å². The fourth-order valence-corrected chi connectivity index (χ4v) is 1.56. The molecular formula is C12H19NO4. The average molecular weight is 241 g/mol. The summed E-state index contributed by atoms with van der Waals surface area (Å²) in [5.74, 6) is -0.943. The number of carboxylic acid groups (broad SMARTS) is 1. The Hall–Kier alpha value is -1.52. The molecule has 0 spiro atoms. The molecule has 0 saturated carbocycles. The van der Waals surface area contributed by atoms with Crippen molar-refractivity contribution in [2.24, 2.45) is 5.41 Å². The maximum atomic E-state index is 11.8. The van der Waals surface area contributed by atoms with Crippen LogP contribution >= 0.6 is 0 Å². The number of amides is 1. The third-order valence-corrected chi connectivity index (χ3v) is 2.47. The van der Waals surface area contributed by atoms with Crippen LogP contribution in [0, 0.1) is 5.41 Å². The number of carbonyl (C=O) groups is 2. The van der Waals surface area contributed by atoms with Crippen molar-refractivity contribution in [3.8, 4) is 0 Å². The summed E-state index contributed by atoms with van der Waals surface area (Å²) < 4.78 is 5.21. The zero-order valence-corrected chi connectivity index (χ0v) is 10.7. The minimum Gasteiger partial charge on any atom is -0.481 e. The normalized spacial score (nSPS) is 24.6. The Morgan fingerprint density at radius 3 is 2.47 bits per heavy atom. The number of carbonyl (C=O) groups excluding carboxylic acids is 1. The van der Waals surface area contributed by atoms with Crippen LogP contribution in [0.3, 0.4) is 0 Å². The van der Waals surface area contributed by atoms with Crippen LogP contribution in [-0.4, -0.2) is 40.8 Å². The van der Waals surface area contributed by atoms with E-state index >= 15 is 0 Å². The van der Waals surface area contributed by atoms with Gasteiger partial charge in [0.25, 0.3) is 0 Å². The van der Waals surface area contributed by atoms with Crippen molar-refractivity contribution < 1.29 is 19.4 Å². The summed E-state index contributed by atoms with van der Waals surface area (Å²) >= 11 is 0. The molecule has 5 nitrogen and oxygen atoms in total. The first-order chi connectivity index (χ1) is 7.64. The summed E-state index contributed by atoms with van der Waals surface area (Å²) in [5.41, 5.74) is -1.60. The van der Waals surface area contributed by atoms with Crippen molar-refractivity contribution in [2.75, 3.05) is 13.1 Å². The van der Waals surface area contributed by atoms with Gasteiger partial charge in [-0.3, -0.25) is 4.79 Å². The molecule has 0 bridgehead atoms. The Balaban J connectivity index is 2.73. The number of hydrogen-bond acceptors (Lipinski definition) is 3. The van der Waals surface area contributed by atoms with E-state index in [1.54, 1.807) is 39.8 Å². The van der Waals surface area contributed by atoms with Gasteiger partial charge in [-0.15, -0.1) is 0 Å². The van der Waals surface area contributed by atoms with Crippen LogP contribution in [-0.2, 0) is 9.53 Å². The van der Waals surface area contributed by atoms with E-state index in [0.29, 0.717) is 6.54 Å². The fraction of sp³-hybridized carbons (Fsp3) is 0.667. The van der Waals surface area contributed by atoms with E-state index in [9.17, 15) is 9.59 Å². The maximum Gasteiger partial charge on any atom is 0.410 e. The molecule has 0 saturated heterocycles. The van der Waals surface area contributed by atoms with Crippen LogP contribution in [0.25, 0.3) is 0 Å². The predicted octanol–water partition coefficient (Wildman–Crippen LogP) is 1.88. The third-order valence-electron chi connectivity index (χ3n) is 2.47. The van der Waals surface area contributed by atoms with Crippen molar-refractivity contribution in [3.63, 3.8) is 0 Å². The van der Waals surface area contributed by atoms with Gasteiger partial charge in [0.05, 0.1) is 0 Å². The summed E-state index contributed by atoms with van der Waals surface area (Å²) in [5, 5.41) is 9.10. The number of nitrogens with zero attached hydrogens (tertiary/aromatic N) is 1. The summed E-state index contributed by atoms with van der Waals surface area (Å²) in [6, 6.07) is 0. The molecule has 0 radical (unpaired) electrons. The molecule has 1 aliphatic rings. The van der Waals surface area contributed by atoms with Crippen LogP contribution in [0.2, 0.25) is 0 Å². The molecule has 0 fully saturated rings. The maximum absolute atomic E-state index is 11.8. The zero-order chi connectivity index (χ0) is 13.3. The van der Waals surface area contributed by atoms with Gasteiger partial charge in [-0.1, -0.05) is 12.2 Å². The SMILES string of the molecule is CC(C)(C)OC(=O)N1CC=CC(C)(C(=O)O)C1. The lowest BCUT2D eigenvalue weighted by molar-refractivity contribution is -0.146. The largest absolute Gasteiger partial charge is 0.481 e. The monoisotopic (exact) mass is 241 g/mol. The number of hydrogen-bond donors (Lipinski definition) is 1. The van der Waals surface area contributed by atoms with Crippen LogP contribution < -0.4 is 0 Å². The van der Waals surface area contributed by atoms with Crippen molar-refractivity contribution in [1.29, 1.82) is 0 Å². The standard InChI is InChI=1S/C12H19NO4/c1-11(2,3)17-10(16)13-7-5-6-12(4,8-13)9(14)15/h5-6H,7-8H2,1-4H3,(H,14,15). The summed E-state index contributed by atoms with van der Waals surface area (Å²) in [6.45, 7) is 7.44. The molecule has 1 unspecified atom stereocenters. The Morgan fingerprint density at radius 2 is 2.00 bits per heavy atom. The Kier molecular flexibility index (Phi) is 3.50. The molecule has 0 aromatic carbocycles. The first-order valence-corrected chi connectivity index (χ1v) is 5.53. The summed E-state index contributed by atoms with van der Waals surface area (Å²) in [6.07, 6.45) is 2.83. The Morgan fingerprint density at radius 1 is 1.41 bits per heavy atom. The Labute approximate surface area is 101 Å². The second-order valence-corrected chi connectivity index (χ2v) is 5.49. The van der Waals surface area contributed by atoms with E-state index in [1.807, 2.05) is 0 Å². The molecule has 5 heteroatoms. The summed E-state index contributed by atoms with van der Waals surface area (Å²) in [4.78, 5) is 24.3. The zero-order valence-electron chi connectivity index (χ0n) is 10.7. The lowest BCUT2D eigenvalue weighted by Crippen LogP contribution is -2.47. The Bertz CT molecular complexity index is 356. The number of carboxylic acids is 1. The number of ether oxygens (including phenoxy) is 1. The number of rotatable bonds is 1. The van der Waals surface area contributed by atoms with E-state index in [1.165, 1.54) is 4.90 Å². The number of aliphatic carboxylic acids is 1. The minimum atomic E-state index is -1.03. The quantitative estimate of drug-likeness (QED) is 0.712. The van der Waals surface area contributed by atoms with E-state index in [2.05, 4.69) is 0 Å². The molecule has 1 amide bonds. The average Bonchev–Trinajstić information content (AvgIpc) is 2.15. The molecular weight excluding hydrogens is 222 g/mol. The van der Waals surface area contributed by atoms with Crippen LogP contribution in [0.15, 0.2) is 12.2 Å². The van der Waals surface area contributed by atoms with Gasteiger partial charge < -0.3 is 14.7 Å². The third kappa shape index (κ3) is 3.47. The highest BCUT2D eigenvalue weighted by Crippen LogP contribution is 2.25. The van der Waals surface area contributed by atoms with Gasteiger partial charge in [0.1, 0.15) is 11.0 Å². The van der Waals surface area contributed by atoms with Crippen LogP contribution in [0.5, 0.6) is 0 Å². The highest BCUT2D eigenvalue weighted by atomic mass is 16.6. The molecule has 1 N–H and O–H groups in total. The lowest BCUT2D eigenvalue weighted by Gasteiger charge is -2.34. The highest BCUT2D eigenvalue weighted by molar-refractivity contribution is 5.79. The van der Waals surface area contributed by atoms with Gasteiger partial charge in [-0.05, 0) is 27.7 Å². The van der Waals surface area contributed by atoms with Crippen molar-refractivity contribution in [1.82, 2.24) is 4.90 Å². The molecule has 0 aromatic rings. The van der Waals surface area contributed by atoms with Gasteiger partial charge in [0.15, 0.2) is 0 Å². The summed E-state index contributed by atoms with van der Waals surface area (Å²) in [7, 11) is 0. The van der Waals surface area contributed by atoms with E-state index in [0.717, 1.165) is 0 Å². The van der Waals surface area contributed by atoms with Gasteiger partial charge in [0, 0.05) is 13.1 Å². The molecule has 1 rings (SSSR count). The minimum absolute atomic E-state index is 0.133. The molecule has 1 heterocycles. The van der Waals surface area contributed by atoms with Crippen LogP contribution in [0.4, 0.5) is 4.79 Å². The van der Waals surface area contributed by atoms with Crippen LogP contribution in [0.1, 0.15) is 27.7 Å². The molecule has 17 heavy (non-hydrogen) atoms. The predicted molar refractivity (Wildman–Crippen MR) is 62.7 cm³/mol. The van der Waals surface area contributed by atoms with Gasteiger partial charge >= 0.3 is 12.1 Å². The molecule has 0 aromatic heterocycles. The first kappa shape index (κ1) is 13.5. The van der Waals surface area contributed by atoms with Gasteiger partial charge in [0.2, 0.25) is 0 Å². The molecule has 0 aliphatic carbocycles. The van der Waals surface area contributed by atoms with Crippen molar-refractivity contribution >= 4 is 12.1 Å². The van der Waals surface area contributed by atoms with E-state index < -0.39 is 23.1 Å². The molecule has 1 atom stereocenters. The van der Waals surface area contributed by atoms with Gasteiger partial charge in [-0.25, -0.2) is 4.79 Å². The first-order valence-electron chi connectivity index (χ1n) is 5.53. The second kappa shape index (κ2) is 4.39. The van der Waals surface area contributed by atoms with E-state index in [4.69, 9.17) is 9.84 Å². The second-order valence-electron chi connectivity index (χ2n) is 5.49. The molecule has 96 valence electrons. The highest BCUT2D eigenvalue weighted by Gasteiger charge is 2.37. The lowest BCUT2D eigenvalue weighted by atomic mass is 9.87. The molecule has 1 aliphatic heterocycles.